The number of rotatable bonds is 2. The normalized spacial score (nSPS) is 11.1. The Balaban J connectivity index is 2.93. The Labute approximate surface area is 93.7 Å². The fourth-order valence-corrected chi connectivity index (χ4v) is 1.05. The minimum Gasteiger partial charge on any atom is -0.493 e. The predicted octanol–water partition coefficient (Wildman–Crippen LogP) is 2.82. The Hall–Kier alpha value is -1.43. The molecule has 0 radical (unpaired) electrons. The number of hydrogen-bond donors (Lipinski definition) is 0. The Morgan fingerprint density at radius 3 is 2.44 bits per heavy atom. The Morgan fingerprint density at radius 1 is 1.31 bits per heavy atom. The van der Waals surface area contributed by atoms with Crippen LogP contribution in [0.4, 0.5) is 13.2 Å². The van der Waals surface area contributed by atoms with Gasteiger partial charge >= 0.3 is 12.1 Å². The topological polar surface area (TPSA) is 35.5 Å². The monoisotopic (exact) mass is 254 g/mol. The number of benzene rings is 1. The lowest BCUT2D eigenvalue weighted by Gasteiger charge is -2.10. The van der Waals surface area contributed by atoms with Gasteiger partial charge in [0, 0.05) is 11.1 Å². The largest absolute Gasteiger partial charge is 0.493 e. The van der Waals surface area contributed by atoms with Crippen molar-refractivity contribution in [3.8, 4) is 11.5 Å². The minimum atomic E-state index is -5.05. The molecule has 0 aliphatic rings. The van der Waals surface area contributed by atoms with Crippen molar-refractivity contribution in [1.82, 2.24) is 0 Å². The summed E-state index contributed by atoms with van der Waals surface area (Å²) in [6.45, 7) is 0. The second kappa shape index (κ2) is 4.61. The van der Waals surface area contributed by atoms with E-state index < -0.39 is 12.1 Å². The molecule has 0 bridgehead atoms. The van der Waals surface area contributed by atoms with Crippen LogP contribution in [0, 0.1) is 0 Å². The van der Waals surface area contributed by atoms with E-state index in [-0.39, 0.29) is 16.5 Å². The zero-order valence-corrected chi connectivity index (χ0v) is 8.72. The Kier molecular flexibility index (Phi) is 3.64. The molecule has 0 saturated carbocycles. The van der Waals surface area contributed by atoms with Crippen molar-refractivity contribution in [1.29, 1.82) is 0 Å². The highest BCUT2D eigenvalue weighted by molar-refractivity contribution is 6.30. The van der Waals surface area contributed by atoms with Gasteiger partial charge in [-0.25, -0.2) is 4.79 Å². The van der Waals surface area contributed by atoms with E-state index in [0.29, 0.717) is 0 Å². The molecule has 3 nitrogen and oxygen atoms in total. The maximum absolute atomic E-state index is 11.9. The number of carbonyl (C=O) groups is 1. The van der Waals surface area contributed by atoms with Gasteiger partial charge in [0.1, 0.15) is 0 Å². The zero-order valence-electron chi connectivity index (χ0n) is 7.97. The molecule has 0 unspecified atom stereocenters. The molecule has 0 heterocycles. The van der Waals surface area contributed by atoms with Crippen molar-refractivity contribution < 1.29 is 27.4 Å². The first-order valence-electron chi connectivity index (χ1n) is 3.97. The lowest BCUT2D eigenvalue weighted by molar-refractivity contribution is -0.189. The molecule has 7 heteroatoms. The third kappa shape index (κ3) is 3.03. The Morgan fingerprint density at radius 2 is 1.94 bits per heavy atom. The van der Waals surface area contributed by atoms with Crippen molar-refractivity contribution in [3.05, 3.63) is 23.2 Å². The van der Waals surface area contributed by atoms with Crippen LogP contribution in [0.5, 0.6) is 11.5 Å². The third-order valence-electron chi connectivity index (χ3n) is 1.56. The van der Waals surface area contributed by atoms with Gasteiger partial charge in [-0.1, -0.05) is 11.6 Å². The SMILES string of the molecule is COc1cc(Cl)ccc1OC(=O)C(F)(F)F. The predicted molar refractivity (Wildman–Crippen MR) is 49.7 cm³/mol. The van der Waals surface area contributed by atoms with Crippen molar-refractivity contribution in [2.75, 3.05) is 7.11 Å². The molecule has 0 atom stereocenters. The van der Waals surface area contributed by atoms with E-state index in [1.165, 1.54) is 19.2 Å². The fourth-order valence-electron chi connectivity index (χ4n) is 0.883. The number of ether oxygens (including phenoxy) is 2. The summed E-state index contributed by atoms with van der Waals surface area (Å²) in [6.07, 6.45) is -5.05. The highest BCUT2D eigenvalue weighted by Gasteiger charge is 2.41. The van der Waals surface area contributed by atoms with Crippen molar-refractivity contribution >= 4 is 17.6 Å². The van der Waals surface area contributed by atoms with Crippen LogP contribution in [0.15, 0.2) is 18.2 Å². The molecule has 0 saturated heterocycles. The van der Waals surface area contributed by atoms with Gasteiger partial charge in [-0.15, -0.1) is 0 Å². The van der Waals surface area contributed by atoms with Gasteiger partial charge in [0.2, 0.25) is 0 Å². The molecule has 88 valence electrons. The van der Waals surface area contributed by atoms with E-state index in [2.05, 4.69) is 4.74 Å². The standard InChI is InChI=1S/C9H6ClF3O3/c1-15-7-4-5(10)2-3-6(7)16-8(14)9(11,12)13/h2-4H,1H3. The highest BCUT2D eigenvalue weighted by atomic mass is 35.5. The summed E-state index contributed by atoms with van der Waals surface area (Å²) in [7, 11) is 1.22. The average Bonchev–Trinajstić information content (AvgIpc) is 2.19. The van der Waals surface area contributed by atoms with Gasteiger partial charge in [-0.3, -0.25) is 0 Å². The Bertz CT molecular complexity index is 403. The number of methoxy groups -OCH3 is 1. The quantitative estimate of drug-likeness (QED) is 0.601. The maximum Gasteiger partial charge on any atom is 0.491 e. The molecular formula is C9H6ClF3O3. The van der Waals surface area contributed by atoms with Crippen LogP contribution >= 0.6 is 11.6 Å². The van der Waals surface area contributed by atoms with Gasteiger partial charge < -0.3 is 9.47 Å². The van der Waals surface area contributed by atoms with E-state index in [1.54, 1.807) is 0 Å². The van der Waals surface area contributed by atoms with Crippen LogP contribution in [-0.4, -0.2) is 19.3 Å². The second-order valence-electron chi connectivity index (χ2n) is 2.68. The first-order chi connectivity index (χ1) is 7.34. The van der Waals surface area contributed by atoms with E-state index in [4.69, 9.17) is 16.3 Å². The van der Waals surface area contributed by atoms with E-state index in [0.717, 1.165) is 6.07 Å². The van der Waals surface area contributed by atoms with Crippen LogP contribution in [0.2, 0.25) is 5.02 Å². The molecule has 16 heavy (non-hydrogen) atoms. The summed E-state index contributed by atoms with van der Waals surface area (Å²) in [5.74, 6) is -2.70. The molecule has 0 N–H and O–H groups in total. The van der Waals surface area contributed by atoms with E-state index in [1.807, 2.05) is 0 Å². The molecule has 0 spiro atoms. The smallest absolute Gasteiger partial charge is 0.491 e. The highest BCUT2D eigenvalue weighted by Crippen LogP contribution is 2.31. The summed E-state index contributed by atoms with van der Waals surface area (Å²) in [4.78, 5) is 10.6. The molecule has 1 rings (SSSR count). The number of esters is 1. The summed E-state index contributed by atoms with van der Waals surface area (Å²) in [6, 6.07) is 3.63. The van der Waals surface area contributed by atoms with Crippen LogP contribution in [0.25, 0.3) is 0 Å². The number of alkyl halides is 3. The van der Waals surface area contributed by atoms with Gasteiger partial charge in [0.25, 0.3) is 0 Å². The van der Waals surface area contributed by atoms with Crippen LogP contribution < -0.4 is 9.47 Å². The van der Waals surface area contributed by atoms with Gasteiger partial charge in [0.15, 0.2) is 11.5 Å². The zero-order chi connectivity index (χ0) is 12.3. The summed E-state index contributed by atoms with van der Waals surface area (Å²) in [5.41, 5.74) is 0. The van der Waals surface area contributed by atoms with Crippen molar-refractivity contribution in [2.24, 2.45) is 0 Å². The van der Waals surface area contributed by atoms with Crippen molar-refractivity contribution in [3.63, 3.8) is 0 Å². The first kappa shape index (κ1) is 12.6. The van der Waals surface area contributed by atoms with Gasteiger partial charge in [-0.05, 0) is 12.1 Å². The van der Waals surface area contributed by atoms with Crippen LogP contribution in [0.1, 0.15) is 0 Å². The fraction of sp³-hybridized carbons (Fsp3) is 0.222. The summed E-state index contributed by atoms with van der Waals surface area (Å²) in [5, 5.41) is 0.253. The summed E-state index contributed by atoms with van der Waals surface area (Å²) >= 11 is 5.58. The van der Waals surface area contributed by atoms with Gasteiger partial charge in [0.05, 0.1) is 7.11 Å². The third-order valence-corrected chi connectivity index (χ3v) is 1.79. The summed E-state index contributed by atoms with van der Waals surface area (Å²) < 4.78 is 44.5. The molecule has 0 aliphatic heterocycles. The van der Waals surface area contributed by atoms with Crippen molar-refractivity contribution in [2.45, 2.75) is 6.18 Å². The second-order valence-corrected chi connectivity index (χ2v) is 3.12. The maximum atomic E-state index is 11.9. The molecule has 0 aliphatic carbocycles. The molecule has 1 aromatic rings. The van der Waals surface area contributed by atoms with Crippen LogP contribution in [0.3, 0.4) is 0 Å². The number of hydrogen-bond acceptors (Lipinski definition) is 3. The molecule has 0 aromatic heterocycles. The van der Waals surface area contributed by atoms with Crippen LogP contribution in [-0.2, 0) is 4.79 Å². The first-order valence-corrected chi connectivity index (χ1v) is 4.35. The average molecular weight is 255 g/mol. The molecular weight excluding hydrogens is 249 g/mol. The molecule has 0 fully saturated rings. The van der Waals surface area contributed by atoms with Gasteiger partial charge in [-0.2, -0.15) is 13.2 Å². The lowest BCUT2D eigenvalue weighted by Crippen LogP contribution is -2.28. The lowest BCUT2D eigenvalue weighted by atomic mass is 10.3. The number of carbonyl (C=O) groups excluding carboxylic acids is 1. The molecule has 1 aromatic carbocycles. The number of halogens is 4. The molecule has 0 amide bonds. The van der Waals surface area contributed by atoms with E-state index >= 15 is 0 Å². The minimum absolute atomic E-state index is 0.0508. The van der Waals surface area contributed by atoms with E-state index in [9.17, 15) is 18.0 Å².